The van der Waals surface area contributed by atoms with E-state index >= 15 is 0 Å². The van der Waals surface area contributed by atoms with Gasteiger partial charge in [-0.15, -0.1) is 0 Å². The van der Waals surface area contributed by atoms with Crippen LogP contribution in [-0.4, -0.2) is 28.6 Å². The maximum Gasteiger partial charge on any atom is 0.387 e. The van der Waals surface area contributed by atoms with Crippen molar-refractivity contribution in [1.82, 2.24) is 15.5 Å². The van der Waals surface area contributed by atoms with Gasteiger partial charge in [0.25, 0.3) is 5.91 Å². The average Bonchev–Trinajstić information content (AvgIpc) is 2.93. The Hall–Kier alpha value is -3.04. The minimum atomic E-state index is -2.98. The molecule has 1 aromatic heterocycles. The highest BCUT2D eigenvalue weighted by Crippen LogP contribution is 2.15. The third kappa shape index (κ3) is 3.98. The van der Waals surface area contributed by atoms with Crippen molar-refractivity contribution < 1.29 is 27.6 Å². The number of carbonyl (C=O) groups excluding carboxylic acids is 2. The summed E-state index contributed by atoms with van der Waals surface area (Å²) in [6.45, 7) is -3.11. The molecule has 8 nitrogen and oxygen atoms in total. The second-order valence-corrected chi connectivity index (χ2v) is 3.97. The summed E-state index contributed by atoms with van der Waals surface area (Å²) in [5, 5.41) is 5.86. The van der Waals surface area contributed by atoms with Gasteiger partial charge in [0.1, 0.15) is 5.75 Å². The number of hydrogen-bond acceptors (Lipinski definition) is 6. The molecule has 3 N–H and O–H groups in total. The molecule has 22 heavy (non-hydrogen) atoms. The van der Waals surface area contributed by atoms with Crippen LogP contribution in [0, 0.1) is 0 Å². The number of ether oxygens (including phenoxy) is 1. The molecule has 2 amide bonds. The third-order valence-electron chi connectivity index (χ3n) is 2.41. The van der Waals surface area contributed by atoms with Gasteiger partial charge >= 0.3 is 18.4 Å². The van der Waals surface area contributed by atoms with Crippen LogP contribution in [0.25, 0.3) is 0 Å². The number of halogens is 2. The molecular formula is C12H10F2N4O4. The lowest BCUT2D eigenvalue weighted by molar-refractivity contribution is -0.0498. The monoisotopic (exact) mass is 312 g/mol. The van der Waals surface area contributed by atoms with Gasteiger partial charge in [0.15, 0.2) is 5.82 Å². The van der Waals surface area contributed by atoms with E-state index in [0.717, 1.165) is 6.07 Å². The Labute approximate surface area is 122 Å². The maximum absolute atomic E-state index is 12.1. The Kier molecular flexibility index (Phi) is 4.61. The van der Waals surface area contributed by atoms with Crippen molar-refractivity contribution >= 4 is 11.8 Å². The van der Waals surface area contributed by atoms with Crippen molar-refractivity contribution in [1.29, 1.82) is 0 Å². The number of amides is 2. The standard InChI is InChI=1S/C12H10F2N4O4/c13-12(14)21-7-3-1-2-6(4-7)10(20)16-5-8-17-11(9(15)19)22-18-8/h1-4,12H,5H2,(H2,15,19)(H,16,20). The van der Waals surface area contributed by atoms with E-state index in [1.807, 2.05) is 0 Å². The van der Waals surface area contributed by atoms with Crippen LogP contribution in [-0.2, 0) is 6.54 Å². The molecule has 10 heteroatoms. The van der Waals surface area contributed by atoms with E-state index in [9.17, 15) is 18.4 Å². The molecule has 0 aliphatic rings. The van der Waals surface area contributed by atoms with Crippen molar-refractivity contribution in [2.24, 2.45) is 5.73 Å². The number of carbonyl (C=O) groups is 2. The van der Waals surface area contributed by atoms with Crippen LogP contribution in [0.2, 0.25) is 0 Å². The first-order valence-electron chi connectivity index (χ1n) is 5.91. The molecule has 0 aliphatic heterocycles. The van der Waals surface area contributed by atoms with Crippen LogP contribution < -0.4 is 15.8 Å². The van der Waals surface area contributed by atoms with E-state index < -0.39 is 18.4 Å². The van der Waals surface area contributed by atoms with Gasteiger partial charge in [-0.2, -0.15) is 13.8 Å². The van der Waals surface area contributed by atoms with Crippen molar-refractivity contribution in [3.8, 4) is 5.75 Å². The Morgan fingerprint density at radius 2 is 2.18 bits per heavy atom. The van der Waals surface area contributed by atoms with Gasteiger partial charge in [-0.05, 0) is 18.2 Å². The van der Waals surface area contributed by atoms with Crippen LogP contribution >= 0.6 is 0 Å². The Morgan fingerprint density at radius 3 is 2.82 bits per heavy atom. The molecule has 1 heterocycles. The Morgan fingerprint density at radius 1 is 1.41 bits per heavy atom. The fraction of sp³-hybridized carbons (Fsp3) is 0.167. The lowest BCUT2D eigenvalue weighted by Crippen LogP contribution is -2.23. The zero-order chi connectivity index (χ0) is 16.1. The first-order chi connectivity index (χ1) is 10.5. The minimum absolute atomic E-state index is 0.0436. The number of nitrogens with one attached hydrogen (secondary N) is 1. The summed E-state index contributed by atoms with van der Waals surface area (Å²) in [5.74, 6) is -1.93. The molecule has 0 spiro atoms. The maximum atomic E-state index is 12.1. The number of nitrogens with zero attached hydrogens (tertiary/aromatic N) is 2. The summed E-state index contributed by atoms with van der Waals surface area (Å²) in [5.41, 5.74) is 5.04. The zero-order valence-electron chi connectivity index (χ0n) is 11.0. The lowest BCUT2D eigenvalue weighted by Gasteiger charge is -2.06. The van der Waals surface area contributed by atoms with Gasteiger partial charge in [0.05, 0.1) is 6.54 Å². The summed E-state index contributed by atoms with van der Waals surface area (Å²) >= 11 is 0. The molecule has 0 saturated carbocycles. The van der Waals surface area contributed by atoms with Gasteiger partial charge < -0.3 is 20.3 Å². The van der Waals surface area contributed by atoms with E-state index in [1.54, 1.807) is 0 Å². The molecule has 0 aliphatic carbocycles. The summed E-state index contributed by atoms with van der Waals surface area (Å²) in [7, 11) is 0. The minimum Gasteiger partial charge on any atom is -0.435 e. The highest BCUT2D eigenvalue weighted by atomic mass is 19.3. The zero-order valence-corrected chi connectivity index (χ0v) is 11.0. The predicted molar refractivity (Wildman–Crippen MR) is 67.1 cm³/mol. The normalized spacial score (nSPS) is 10.5. The van der Waals surface area contributed by atoms with Crippen LogP contribution in [0.3, 0.4) is 0 Å². The number of alkyl halides is 2. The summed E-state index contributed by atoms with van der Waals surface area (Å²) in [4.78, 5) is 26.3. The van der Waals surface area contributed by atoms with E-state index in [0.29, 0.717) is 0 Å². The molecule has 0 saturated heterocycles. The molecule has 0 atom stereocenters. The fourth-order valence-electron chi connectivity index (χ4n) is 1.50. The molecule has 0 fully saturated rings. The third-order valence-corrected chi connectivity index (χ3v) is 2.41. The molecule has 2 aromatic rings. The lowest BCUT2D eigenvalue weighted by atomic mass is 10.2. The topological polar surface area (TPSA) is 120 Å². The van der Waals surface area contributed by atoms with Gasteiger partial charge in [-0.3, -0.25) is 9.59 Å². The first-order valence-corrected chi connectivity index (χ1v) is 5.91. The SMILES string of the molecule is NC(=O)c1nc(CNC(=O)c2cccc(OC(F)F)c2)no1. The van der Waals surface area contributed by atoms with E-state index in [-0.39, 0.29) is 29.6 Å². The fourth-order valence-corrected chi connectivity index (χ4v) is 1.50. The summed E-state index contributed by atoms with van der Waals surface area (Å²) in [6, 6.07) is 5.26. The predicted octanol–water partition coefficient (Wildman–Crippen LogP) is 0.700. The largest absolute Gasteiger partial charge is 0.435 e. The second kappa shape index (κ2) is 6.61. The highest BCUT2D eigenvalue weighted by molar-refractivity contribution is 5.94. The van der Waals surface area contributed by atoms with Crippen molar-refractivity contribution in [3.63, 3.8) is 0 Å². The van der Waals surface area contributed by atoms with E-state index in [2.05, 4.69) is 24.7 Å². The number of primary amides is 1. The molecule has 116 valence electrons. The average molecular weight is 312 g/mol. The van der Waals surface area contributed by atoms with Gasteiger partial charge in [-0.1, -0.05) is 11.2 Å². The van der Waals surface area contributed by atoms with Crippen molar-refractivity contribution in [2.75, 3.05) is 0 Å². The molecule has 0 unspecified atom stereocenters. The summed E-state index contributed by atoms with van der Waals surface area (Å²) in [6.07, 6.45) is 0. The smallest absolute Gasteiger partial charge is 0.387 e. The van der Waals surface area contributed by atoms with Gasteiger partial charge in [0, 0.05) is 5.56 Å². The molecule has 0 bridgehead atoms. The Balaban J connectivity index is 1.98. The van der Waals surface area contributed by atoms with Gasteiger partial charge in [-0.25, -0.2) is 0 Å². The highest BCUT2D eigenvalue weighted by Gasteiger charge is 2.13. The molecule has 2 rings (SSSR count). The number of hydrogen-bond donors (Lipinski definition) is 2. The van der Waals surface area contributed by atoms with Crippen molar-refractivity contribution in [2.45, 2.75) is 13.2 Å². The number of benzene rings is 1. The van der Waals surface area contributed by atoms with Crippen molar-refractivity contribution in [3.05, 3.63) is 41.5 Å². The van der Waals surface area contributed by atoms with Crippen LogP contribution in [0.5, 0.6) is 5.75 Å². The van der Waals surface area contributed by atoms with E-state index in [4.69, 9.17) is 5.73 Å². The number of rotatable bonds is 6. The van der Waals surface area contributed by atoms with Crippen LogP contribution in [0.15, 0.2) is 28.8 Å². The first kappa shape index (κ1) is 15.4. The van der Waals surface area contributed by atoms with Crippen LogP contribution in [0.1, 0.15) is 26.9 Å². The number of nitrogens with two attached hydrogens (primary N) is 1. The number of aromatic nitrogens is 2. The van der Waals surface area contributed by atoms with Crippen LogP contribution in [0.4, 0.5) is 8.78 Å². The molecule has 1 aromatic carbocycles. The van der Waals surface area contributed by atoms with Gasteiger partial charge in [0.2, 0.25) is 0 Å². The molecular weight excluding hydrogens is 302 g/mol. The second-order valence-electron chi connectivity index (χ2n) is 3.97. The molecule has 0 radical (unpaired) electrons. The Bertz CT molecular complexity index is 689. The quantitative estimate of drug-likeness (QED) is 0.810. The van der Waals surface area contributed by atoms with E-state index in [1.165, 1.54) is 18.2 Å². The summed E-state index contributed by atoms with van der Waals surface area (Å²) < 4.78 is 32.9.